The minimum atomic E-state index is 0.114. The quantitative estimate of drug-likeness (QED) is 0.773. The van der Waals surface area contributed by atoms with Crippen LogP contribution in [-0.2, 0) is 5.54 Å². The maximum absolute atomic E-state index is 4.36. The molecule has 2 heterocycles. The second-order valence-electron chi connectivity index (χ2n) is 7.11. The van der Waals surface area contributed by atoms with Crippen LogP contribution in [0, 0.1) is 11.3 Å². The molecule has 0 radical (unpaired) electrons. The van der Waals surface area contributed by atoms with E-state index in [1.54, 1.807) is 0 Å². The summed E-state index contributed by atoms with van der Waals surface area (Å²) in [6.45, 7) is 14.7. The molecular formula is C14H26N4. The van der Waals surface area contributed by atoms with Crippen molar-refractivity contribution in [1.82, 2.24) is 19.9 Å². The van der Waals surface area contributed by atoms with Crippen molar-refractivity contribution in [1.29, 1.82) is 0 Å². The van der Waals surface area contributed by atoms with Gasteiger partial charge in [0.1, 0.15) is 5.69 Å². The van der Waals surface area contributed by atoms with Crippen molar-refractivity contribution in [2.24, 2.45) is 11.3 Å². The zero-order chi connectivity index (χ0) is 13.7. The van der Waals surface area contributed by atoms with Gasteiger partial charge in [0.25, 0.3) is 0 Å². The molecule has 2 rings (SSSR count). The number of hydrogen-bond acceptors (Lipinski definition) is 3. The first-order valence-electron chi connectivity index (χ1n) is 6.80. The van der Waals surface area contributed by atoms with Gasteiger partial charge in [0, 0.05) is 6.54 Å². The van der Waals surface area contributed by atoms with Crippen LogP contribution in [0.4, 0.5) is 0 Å². The fourth-order valence-corrected chi connectivity index (χ4v) is 2.38. The largest absolute Gasteiger partial charge is 0.292 e. The van der Waals surface area contributed by atoms with Gasteiger partial charge in [-0.05, 0) is 32.2 Å². The van der Waals surface area contributed by atoms with E-state index in [9.17, 15) is 0 Å². The van der Waals surface area contributed by atoms with Crippen LogP contribution >= 0.6 is 0 Å². The Labute approximate surface area is 110 Å². The molecule has 0 spiro atoms. The Balaban J connectivity index is 2.16. The Morgan fingerprint density at radius 2 is 1.89 bits per heavy atom. The summed E-state index contributed by atoms with van der Waals surface area (Å²) < 4.78 is 2.03. The van der Waals surface area contributed by atoms with Gasteiger partial charge in [-0.15, -0.1) is 5.10 Å². The van der Waals surface area contributed by atoms with Crippen LogP contribution < -0.4 is 0 Å². The van der Waals surface area contributed by atoms with Crippen LogP contribution in [-0.4, -0.2) is 33.5 Å². The first-order valence-corrected chi connectivity index (χ1v) is 6.80. The average Bonchev–Trinajstić information content (AvgIpc) is 2.71. The lowest BCUT2D eigenvalue weighted by Gasteiger charge is -2.32. The second-order valence-corrected chi connectivity index (χ2v) is 7.11. The minimum Gasteiger partial charge on any atom is -0.292 e. The van der Waals surface area contributed by atoms with Gasteiger partial charge < -0.3 is 0 Å². The fourth-order valence-electron chi connectivity index (χ4n) is 2.38. The molecule has 0 saturated carbocycles. The highest BCUT2D eigenvalue weighted by Crippen LogP contribution is 2.40. The summed E-state index contributed by atoms with van der Waals surface area (Å²) >= 11 is 0. The Morgan fingerprint density at radius 3 is 2.33 bits per heavy atom. The molecule has 1 aromatic heterocycles. The van der Waals surface area contributed by atoms with Crippen LogP contribution in [0.3, 0.4) is 0 Å². The van der Waals surface area contributed by atoms with Crippen molar-refractivity contribution in [3.63, 3.8) is 0 Å². The Hall–Kier alpha value is -0.900. The number of rotatable bonds is 3. The number of likely N-dealkylation sites (N-methyl/N-ethyl adjacent to an activating group) is 1. The van der Waals surface area contributed by atoms with Gasteiger partial charge >= 0.3 is 0 Å². The smallest absolute Gasteiger partial charge is 0.104 e. The van der Waals surface area contributed by atoms with Crippen LogP contribution in [0.25, 0.3) is 0 Å². The molecule has 4 nitrogen and oxygen atoms in total. The molecule has 4 heteroatoms. The summed E-state index contributed by atoms with van der Waals surface area (Å²) in [5.41, 5.74) is 1.49. The fraction of sp³-hybridized carbons (Fsp3) is 0.857. The third-order valence-corrected chi connectivity index (χ3v) is 4.85. The first kappa shape index (κ1) is 13.5. The molecule has 18 heavy (non-hydrogen) atoms. The van der Waals surface area contributed by atoms with Gasteiger partial charge in [-0.25, -0.2) is 4.68 Å². The highest BCUT2D eigenvalue weighted by molar-refractivity contribution is 5.19. The molecule has 102 valence electrons. The van der Waals surface area contributed by atoms with Crippen LogP contribution in [0.2, 0.25) is 0 Å². The standard InChI is InChI=1S/C14H26N4/c1-10(13(3,4)5)11(2)18-8-12(15-16-18)14(6)9-17(14)7/h8,10-11H,9H2,1-7H3. The zero-order valence-corrected chi connectivity index (χ0v) is 12.7. The van der Waals surface area contributed by atoms with E-state index in [1.165, 1.54) is 0 Å². The Bertz CT molecular complexity index is 431. The van der Waals surface area contributed by atoms with Gasteiger partial charge in [-0.1, -0.05) is 32.9 Å². The van der Waals surface area contributed by atoms with E-state index in [2.05, 4.69) is 70.0 Å². The lowest BCUT2D eigenvalue weighted by Crippen LogP contribution is -2.26. The molecule has 1 aliphatic rings. The van der Waals surface area contributed by atoms with E-state index in [-0.39, 0.29) is 11.0 Å². The highest BCUT2D eigenvalue weighted by atomic mass is 15.5. The molecule has 1 aromatic rings. The molecule has 1 aliphatic heterocycles. The van der Waals surface area contributed by atoms with Gasteiger partial charge in [0.2, 0.25) is 0 Å². The Kier molecular flexibility index (Phi) is 3.05. The lowest BCUT2D eigenvalue weighted by atomic mass is 9.78. The molecule has 4 atom stereocenters. The monoisotopic (exact) mass is 250 g/mol. The van der Waals surface area contributed by atoms with E-state index in [0.717, 1.165) is 12.2 Å². The van der Waals surface area contributed by atoms with E-state index < -0.39 is 0 Å². The van der Waals surface area contributed by atoms with Crippen molar-refractivity contribution in [3.05, 3.63) is 11.9 Å². The number of hydrogen-bond donors (Lipinski definition) is 0. The molecule has 0 N–H and O–H groups in total. The van der Waals surface area contributed by atoms with Crippen LogP contribution in [0.5, 0.6) is 0 Å². The molecule has 0 aromatic carbocycles. The van der Waals surface area contributed by atoms with Crippen molar-refractivity contribution in [3.8, 4) is 0 Å². The van der Waals surface area contributed by atoms with E-state index in [4.69, 9.17) is 0 Å². The van der Waals surface area contributed by atoms with Crippen molar-refractivity contribution in [2.45, 2.75) is 53.1 Å². The summed E-state index contributed by atoms with van der Waals surface area (Å²) in [6, 6.07) is 0.374. The number of nitrogens with zero attached hydrogens (tertiary/aromatic N) is 4. The van der Waals surface area contributed by atoms with E-state index >= 15 is 0 Å². The van der Waals surface area contributed by atoms with E-state index in [0.29, 0.717) is 12.0 Å². The highest BCUT2D eigenvalue weighted by Gasteiger charge is 2.48. The summed E-state index contributed by atoms with van der Waals surface area (Å²) in [4.78, 5) is 2.29. The predicted molar refractivity (Wildman–Crippen MR) is 73.3 cm³/mol. The van der Waals surface area contributed by atoms with Crippen molar-refractivity contribution < 1.29 is 0 Å². The maximum Gasteiger partial charge on any atom is 0.104 e. The van der Waals surface area contributed by atoms with Gasteiger partial charge in [-0.2, -0.15) is 0 Å². The molecule has 0 aliphatic carbocycles. The summed E-state index contributed by atoms with van der Waals surface area (Å²) in [5.74, 6) is 0.553. The number of aromatic nitrogens is 3. The Morgan fingerprint density at radius 1 is 1.33 bits per heavy atom. The molecule has 0 bridgehead atoms. The zero-order valence-electron chi connectivity index (χ0n) is 12.7. The van der Waals surface area contributed by atoms with Crippen molar-refractivity contribution in [2.75, 3.05) is 13.6 Å². The van der Waals surface area contributed by atoms with Crippen molar-refractivity contribution >= 4 is 0 Å². The lowest BCUT2D eigenvalue weighted by molar-refractivity contribution is 0.180. The summed E-state index contributed by atoms with van der Waals surface area (Å²) in [6.07, 6.45) is 2.12. The predicted octanol–water partition coefficient (Wildman–Crippen LogP) is 2.68. The first-order chi connectivity index (χ1) is 8.16. The van der Waals surface area contributed by atoms with Gasteiger partial charge in [-0.3, -0.25) is 4.90 Å². The third-order valence-electron chi connectivity index (χ3n) is 4.85. The van der Waals surface area contributed by atoms with E-state index in [1.807, 2.05) is 4.68 Å². The molecular weight excluding hydrogens is 224 g/mol. The molecule has 1 saturated heterocycles. The topological polar surface area (TPSA) is 33.7 Å². The average molecular weight is 250 g/mol. The van der Waals surface area contributed by atoms with Gasteiger partial charge in [0.05, 0.1) is 17.8 Å². The second kappa shape index (κ2) is 4.05. The molecule has 1 fully saturated rings. The normalized spacial score (nSPS) is 31.2. The van der Waals surface area contributed by atoms with Crippen LogP contribution in [0.15, 0.2) is 6.20 Å². The summed E-state index contributed by atoms with van der Waals surface area (Å²) in [5, 5.41) is 8.69. The van der Waals surface area contributed by atoms with Crippen LogP contribution in [0.1, 0.15) is 53.3 Å². The molecule has 4 unspecified atom stereocenters. The SMILES string of the molecule is CC(C(C)C(C)(C)C)n1cc(C2(C)CN2C)nn1. The summed E-state index contributed by atoms with van der Waals surface area (Å²) in [7, 11) is 2.13. The molecule has 0 amide bonds. The maximum atomic E-state index is 4.36. The third kappa shape index (κ3) is 2.18. The van der Waals surface area contributed by atoms with Gasteiger partial charge in [0.15, 0.2) is 0 Å². The minimum absolute atomic E-state index is 0.114.